The lowest BCUT2D eigenvalue weighted by atomic mass is 10.1. The van der Waals surface area contributed by atoms with Crippen LogP contribution in [0.1, 0.15) is 6.42 Å². The van der Waals surface area contributed by atoms with Crippen molar-refractivity contribution in [3.63, 3.8) is 0 Å². The third kappa shape index (κ3) is 3.60. The standard InChI is InChI=1S/C19H18ClNO5/c1-24-15-8-7-13(20)10-14(15)21-11-12(9-18(21)22)19(23)26-17-6-4-3-5-16(17)25-2/h3-8,10,12H,9,11H2,1-2H3/t12-/m0/s1. The molecule has 1 aliphatic heterocycles. The maximum atomic E-state index is 12.5. The van der Waals surface area contributed by atoms with E-state index in [1.807, 2.05) is 0 Å². The van der Waals surface area contributed by atoms with Gasteiger partial charge in [0.2, 0.25) is 5.91 Å². The van der Waals surface area contributed by atoms with Gasteiger partial charge >= 0.3 is 5.97 Å². The predicted molar refractivity (Wildman–Crippen MR) is 97.1 cm³/mol. The van der Waals surface area contributed by atoms with Gasteiger partial charge in [0.1, 0.15) is 5.75 Å². The Bertz CT molecular complexity index is 838. The van der Waals surface area contributed by atoms with Gasteiger partial charge in [-0.3, -0.25) is 9.59 Å². The summed E-state index contributed by atoms with van der Waals surface area (Å²) in [7, 11) is 3.01. The Morgan fingerprint density at radius 3 is 2.46 bits per heavy atom. The second-order valence-corrected chi connectivity index (χ2v) is 6.23. The molecule has 0 bridgehead atoms. The second-order valence-electron chi connectivity index (χ2n) is 5.79. The van der Waals surface area contributed by atoms with Crippen molar-refractivity contribution < 1.29 is 23.8 Å². The zero-order chi connectivity index (χ0) is 18.7. The third-order valence-electron chi connectivity index (χ3n) is 4.17. The fourth-order valence-electron chi connectivity index (χ4n) is 2.87. The van der Waals surface area contributed by atoms with Gasteiger partial charge in [0.05, 0.1) is 25.8 Å². The SMILES string of the molecule is COc1ccccc1OC(=O)[C@H]1CC(=O)N(c2cc(Cl)ccc2OC)C1. The lowest BCUT2D eigenvalue weighted by Crippen LogP contribution is -2.27. The van der Waals surface area contributed by atoms with Crippen molar-refractivity contribution in [2.24, 2.45) is 5.92 Å². The van der Waals surface area contributed by atoms with E-state index in [2.05, 4.69) is 0 Å². The molecule has 1 atom stereocenters. The molecule has 0 radical (unpaired) electrons. The Kier molecular flexibility index (Phi) is 5.32. The maximum absolute atomic E-state index is 12.5. The summed E-state index contributed by atoms with van der Waals surface area (Å²) in [5.41, 5.74) is 0.539. The lowest BCUT2D eigenvalue weighted by Gasteiger charge is -2.19. The zero-order valence-electron chi connectivity index (χ0n) is 14.4. The quantitative estimate of drug-likeness (QED) is 0.592. The van der Waals surface area contributed by atoms with Crippen LogP contribution in [-0.2, 0) is 9.59 Å². The average molecular weight is 376 g/mol. The van der Waals surface area contributed by atoms with Crippen LogP contribution in [0.15, 0.2) is 42.5 Å². The molecule has 7 heteroatoms. The summed E-state index contributed by atoms with van der Waals surface area (Å²) in [4.78, 5) is 26.5. The molecule has 1 amide bonds. The van der Waals surface area contributed by atoms with Gasteiger partial charge in [-0.15, -0.1) is 0 Å². The highest BCUT2D eigenvalue weighted by Gasteiger charge is 2.37. The highest BCUT2D eigenvalue weighted by atomic mass is 35.5. The molecule has 0 aliphatic carbocycles. The first-order chi connectivity index (χ1) is 12.5. The fraction of sp³-hybridized carbons (Fsp3) is 0.263. The summed E-state index contributed by atoms with van der Waals surface area (Å²) in [5.74, 6) is 0.0428. The van der Waals surface area contributed by atoms with E-state index in [0.29, 0.717) is 28.0 Å². The van der Waals surface area contributed by atoms with E-state index >= 15 is 0 Å². The number of benzene rings is 2. The topological polar surface area (TPSA) is 65.1 Å². The van der Waals surface area contributed by atoms with Crippen molar-refractivity contribution in [3.8, 4) is 17.2 Å². The molecule has 136 valence electrons. The van der Waals surface area contributed by atoms with E-state index in [0.717, 1.165) is 0 Å². The number of carbonyl (C=O) groups excluding carboxylic acids is 2. The van der Waals surface area contributed by atoms with Gasteiger partial charge in [-0.05, 0) is 30.3 Å². The first-order valence-corrected chi connectivity index (χ1v) is 8.40. The summed E-state index contributed by atoms with van der Waals surface area (Å²) in [5, 5.41) is 0.480. The summed E-state index contributed by atoms with van der Waals surface area (Å²) in [6.45, 7) is 0.198. The summed E-state index contributed by atoms with van der Waals surface area (Å²) in [6.07, 6.45) is 0.0592. The minimum atomic E-state index is -0.587. The van der Waals surface area contributed by atoms with Crippen LogP contribution in [0, 0.1) is 5.92 Å². The van der Waals surface area contributed by atoms with Gasteiger partial charge in [-0.25, -0.2) is 0 Å². The van der Waals surface area contributed by atoms with E-state index in [4.69, 9.17) is 25.8 Å². The number of nitrogens with zero attached hydrogens (tertiary/aromatic N) is 1. The van der Waals surface area contributed by atoms with Crippen LogP contribution >= 0.6 is 11.6 Å². The number of ether oxygens (including phenoxy) is 3. The van der Waals surface area contributed by atoms with Gasteiger partial charge in [0.15, 0.2) is 11.5 Å². The van der Waals surface area contributed by atoms with E-state index in [1.54, 1.807) is 42.5 Å². The minimum absolute atomic E-state index is 0.0592. The molecule has 1 fully saturated rings. The molecule has 0 saturated carbocycles. The van der Waals surface area contributed by atoms with Crippen molar-refractivity contribution in [2.75, 3.05) is 25.7 Å². The lowest BCUT2D eigenvalue weighted by molar-refractivity contribution is -0.139. The van der Waals surface area contributed by atoms with Crippen LogP contribution in [0.5, 0.6) is 17.2 Å². The monoisotopic (exact) mass is 375 g/mol. The molecule has 2 aromatic carbocycles. The van der Waals surface area contributed by atoms with Crippen molar-refractivity contribution >= 4 is 29.2 Å². The fourth-order valence-corrected chi connectivity index (χ4v) is 3.03. The number of hydrogen-bond acceptors (Lipinski definition) is 5. The van der Waals surface area contributed by atoms with Crippen LogP contribution in [0.25, 0.3) is 0 Å². The molecule has 0 aromatic heterocycles. The summed E-state index contributed by atoms with van der Waals surface area (Å²) < 4.78 is 15.9. The Hall–Kier alpha value is -2.73. The Balaban J connectivity index is 1.77. The Morgan fingerprint density at radius 2 is 1.77 bits per heavy atom. The van der Waals surface area contributed by atoms with Crippen molar-refractivity contribution in [1.82, 2.24) is 0 Å². The second kappa shape index (κ2) is 7.66. The van der Waals surface area contributed by atoms with Gasteiger partial charge in [0.25, 0.3) is 0 Å². The van der Waals surface area contributed by atoms with Gasteiger partial charge in [-0.2, -0.15) is 0 Å². The van der Waals surface area contributed by atoms with Gasteiger partial charge < -0.3 is 19.1 Å². The first kappa shape index (κ1) is 18.1. The zero-order valence-corrected chi connectivity index (χ0v) is 15.2. The molecule has 0 unspecified atom stereocenters. The van der Waals surface area contributed by atoms with Gasteiger partial charge in [-0.1, -0.05) is 23.7 Å². The first-order valence-electron chi connectivity index (χ1n) is 8.02. The highest BCUT2D eigenvalue weighted by molar-refractivity contribution is 6.31. The third-order valence-corrected chi connectivity index (χ3v) is 4.40. The van der Waals surface area contributed by atoms with E-state index in [9.17, 15) is 9.59 Å². The molecular formula is C19H18ClNO5. The molecule has 3 rings (SSSR count). The Morgan fingerprint density at radius 1 is 1.08 bits per heavy atom. The number of para-hydroxylation sites is 2. The molecule has 26 heavy (non-hydrogen) atoms. The van der Waals surface area contributed by atoms with Crippen LogP contribution < -0.4 is 19.1 Å². The van der Waals surface area contributed by atoms with Crippen LogP contribution in [0.4, 0.5) is 5.69 Å². The molecule has 0 spiro atoms. The van der Waals surface area contributed by atoms with E-state index < -0.39 is 11.9 Å². The highest BCUT2D eigenvalue weighted by Crippen LogP contribution is 2.36. The number of hydrogen-bond donors (Lipinski definition) is 0. The molecule has 1 aliphatic rings. The largest absolute Gasteiger partial charge is 0.495 e. The number of carbonyl (C=O) groups is 2. The van der Waals surface area contributed by atoms with E-state index in [-0.39, 0.29) is 18.9 Å². The normalized spacial score (nSPS) is 16.5. The van der Waals surface area contributed by atoms with Crippen molar-refractivity contribution in [1.29, 1.82) is 0 Å². The number of anilines is 1. The summed E-state index contributed by atoms with van der Waals surface area (Å²) in [6, 6.07) is 11.9. The van der Waals surface area contributed by atoms with Crippen LogP contribution in [0.3, 0.4) is 0 Å². The number of rotatable bonds is 5. The Labute approximate surface area is 156 Å². The minimum Gasteiger partial charge on any atom is -0.495 e. The smallest absolute Gasteiger partial charge is 0.316 e. The van der Waals surface area contributed by atoms with Gasteiger partial charge in [0, 0.05) is 18.0 Å². The average Bonchev–Trinajstić information content (AvgIpc) is 3.04. The number of esters is 1. The molecule has 6 nitrogen and oxygen atoms in total. The van der Waals surface area contributed by atoms with E-state index in [1.165, 1.54) is 19.1 Å². The maximum Gasteiger partial charge on any atom is 0.316 e. The molecule has 1 saturated heterocycles. The van der Waals surface area contributed by atoms with Crippen molar-refractivity contribution in [3.05, 3.63) is 47.5 Å². The number of halogens is 1. The number of amides is 1. The molecular weight excluding hydrogens is 358 g/mol. The predicted octanol–water partition coefficient (Wildman–Crippen LogP) is 3.32. The van der Waals surface area contributed by atoms with Crippen LogP contribution in [0.2, 0.25) is 5.02 Å². The molecule has 1 heterocycles. The van der Waals surface area contributed by atoms with Crippen molar-refractivity contribution in [2.45, 2.75) is 6.42 Å². The molecule has 0 N–H and O–H groups in total. The number of methoxy groups -OCH3 is 2. The summed E-state index contributed by atoms with van der Waals surface area (Å²) >= 11 is 6.04. The van der Waals surface area contributed by atoms with Crippen LogP contribution in [-0.4, -0.2) is 32.6 Å². The molecule has 2 aromatic rings.